The minimum absolute atomic E-state index is 0.623. The third-order valence-electron chi connectivity index (χ3n) is 4.29. The molecule has 21 heavy (non-hydrogen) atoms. The van der Waals surface area contributed by atoms with Gasteiger partial charge in [-0.15, -0.1) is 0 Å². The topological polar surface area (TPSA) is 16.1 Å². The standard InChI is InChI=1S/C19H22N2/c1-2-19-14-18(17-8-11-20-12-9-17)10-13-21(19)15-16-6-4-3-5-7-16/h3-12,19H,2,13-15H2,1H3. The summed E-state index contributed by atoms with van der Waals surface area (Å²) in [5, 5.41) is 0. The smallest absolute Gasteiger partial charge is 0.0273 e. The molecule has 0 N–H and O–H groups in total. The van der Waals surface area contributed by atoms with Crippen molar-refractivity contribution >= 4 is 5.57 Å². The first-order valence-electron chi connectivity index (χ1n) is 7.74. The van der Waals surface area contributed by atoms with Gasteiger partial charge >= 0.3 is 0 Å². The number of aromatic nitrogens is 1. The Morgan fingerprint density at radius 2 is 1.86 bits per heavy atom. The van der Waals surface area contributed by atoms with Crippen LogP contribution in [-0.4, -0.2) is 22.5 Å². The zero-order valence-electron chi connectivity index (χ0n) is 12.6. The Morgan fingerprint density at radius 1 is 1.10 bits per heavy atom. The lowest BCUT2D eigenvalue weighted by molar-refractivity contribution is 0.198. The first kappa shape index (κ1) is 14.0. The maximum absolute atomic E-state index is 4.11. The van der Waals surface area contributed by atoms with Gasteiger partial charge in [-0.25, -0.2) is 0 Å². The van der Waals surface area contributed by atoms with Gasteiger partial charge in [-0.2, -0.15) is 0 Å². The van der Waals surface area contributed by atoms with E-state index in [0.717, 1.165) is 19.5 Å². The fourth-order valence-electron chi connectivity index (χ4n) is 3.06. The van der Waals surface area contributed by atoms with Crippen LogP contribution in [0.3, 0.4) is 0 Å². The molecule has 2 aromatic rings. The Morgan fingerprint density at radius 3 is 2.57 bits per heavy atom. The van der Waals surface area contributed by atoms with Gasteiger partial charge in [-0.3, -0.25) is 9.88 Å². The summed E-state index contributed by atoms with van der Waals surface area (Å²) in [5.74, 6) is 0. The van der Waals surface area contributed by atoms with Gasteiger partial charge in [0.05, 0.1) is 0 Å². The highest BCUT2D eigenvalue weighted by Crippen LogP contribution is 2.28. The lowest BCUT2D eigenvalue weighted by Crippen LogP contribution is -2.37. The van der Waals surface area contributed by atoms with Crippen LogP contribution in [0.1, 0.15) is 30.9 Å². The summed E-state index contributed by atoms with van der Waals surface area (Å²) in [6.45, 7) is 4.36. The molecule has 0 saturated carbocycles. The van der Waals surface area contributed by atoms with Gasteiger partial charge in [0.15, 0.2) is 0 Å². The summed E-state index contributed by atoms with van der Waals surface area (Å²) in [4.78, 5) is 6.70. The summed E-state index contributed by atoms with van der Waals surface area (Å²) in [7, 11) is 0. The maximum Gasteiger partial charge on any atom is 0.0273 e. The molecular weight excluding hydrogens is 256 g/mol. The second-order valence-electron chi connectivity index (χ2n) is 5.65. The minimum atomic E-state index is 0.623. The second-order valence-corrected chi connectivity index (χ2v) is 5.65. The molecule has 3 rings (SSSR count). The molecule has 1 aromatic carbocycles. The lowest BCUT2D eigenvalue weighted by Gasteiger charge is -2.35. The summed E-state index contributed by atoms with van der Waals surface area (Å²) < 4.78 is 0. The van der Waals surface area contributed by atoms with Crippen LogP contribution >= 0.6 is 0 Å². The Hall–Kier alpha value is -1.93. The van der Waals surface area contributed by atoms with E-state index in [4.69, 9.17) is 0 Å². The molecule has 1 aliphatic rings. The second kappa shape index (κ2) is 6.68. The summed E-state index contributed by atoms with van der Waals surface area (Å²) >= 11 is 0. The molecule has 108 valence electrons. The van der Waals surface area contributed by atoms with Crippen LogP contribution in [0.4, 0.5) is 0 Å². The summed E-state index contributed by atoms with van der Waals surface area (Å²) in [6.07, 6.45) is 8.47. The molecule has 0 fully saturated rings. The largest absolute Gasteiger partial charge is 0.292 e. The van der Waals surface area contributed by atoms with Gasteiger partial charge in [-0.1, -0.05) is 43.3 Å². The number of pyridine rings is 1. The van der Waals surface area contributed by atoms with Crippen molar-refractivity contribution in [3.05, 3.63) is 72.1 Å². The van der Waals surface area contributed by atoms with Crippen LogP contribution in [0.25, 0.3) is 5.57 Å². The van der Waals surface area contributed by atoms with E-state index in [0.29, 0.717) is 6.04 Å². The fraction of sp³-hybridized carbons (Fsp3) is 0.316. The zero-order chi connectivity index (χ0) is 14.5. The van der Waals surface area contributed by atoms with Gasteiger partial charge in [0.1, 0.15) is 0 Å². The van der Waals surface area contributed by atoms with Crippen LogP contribution in [0.5, 0.6) is 0 Å². The van der Waals surface area contributed by atoms with E-state index in [2.05, 4.69) is 65.3 Å². The van der Waals surface area contributed by atoms with Crippen LogP contribution in [-0.2, 0) is 6.54 Å². The fourth-order valence-corrected chi connectivity index (χ4v) is 3.06. The lowest BCUT2D eigenvalue weighted by atomic mass is 9.93. The van der Waals surface area contributed by atoms with E-state index in [1.165, 1.54) is 23.1 Å². The first-order chi connectivity index (χ1) is 10.4. The molecule has 0 aliphatic carbocycles. The van der Waals surface area contributed by atoms with Gasteiger partial charge in [-0.05, 0) is 41.7 Å². The molecule has 1 atom stereocenters. The molecule has 1 unspecified atom stereocenters. The van der Waals surface area contributed by atoms with Crippen molar-refractivity contribution in [1.82, 2.24) is 9.88 Å². The van der Waals surface area contributed by atoms with Crippen LogP contribution in [0, 0.1) is 0 Å². The van der Waals surface area contributed by atoms with Gasteiger partial charge < -0.3 is 0 Å². The number of benzene rings is 1. The Labute approximate surface area is 127 Å². The predicted octanol–water partition coefficient (Wildman–Crippen LogP) is 4.15. The number of nitrogens with zero attached hydrogens (tertiary/aromatic N) is 2. The van der Waals surface area contributed by atoms with Crippen LogP contribution in [0.2, 0.25) is 0 Å². The normalized spacial score (nSPS) is 19.3. The minimum Gasteiger partial charge on any atom is -0.292 e. The summed E-state index contributed by atoms with van der Waals surface area (Å²) in [6, 6.07) is 15.6. The van der Waals surface area contributed by atoms with E-state index >= 15 is 0 Å². The average molecular weight is 278 g/mol. The molecule has 2 heteroatoms. The molecule has 1 aliphatic heterocycles. The molecule has 0 radical (unpaired) electrons. The highest BCUT2D eigenvalue weighted by molar-refractivity contribution is 5.66. The maximum atomic E-state index is 4.11. The third kappa shape index (κ3) is 3.40. The monoisotopic (exact) mass is 278 g/mol. The van der Waals surface area contributed by atoms with Gasteiger partial charge in [0.2, 0.25) is 0 Å². The van der Waals surface area contributed by atoms with Crippen molar-refractivity contribution in [3.63, 3.8) is 0 Å². The predicted molar refractivity (Wildman–Crippen MR) is 87.8 cm³/mol. The number of rotatable bonds is 4. The van der Waals surface area contributed by atoms with Gasteiger partial charge in [0.25, 0.3) is 0 Å². The molecule has 0 spiro atoms. The SMILES string of the molecule is CCC1CC(c2ccncc2)=CCN1Cc1ccccc1. The van der Waals surface area contributed by atoms with E-state index in [-0.39, 0.29) is 0 Å². The van der Waals surface area contributed by atoms with Crippen LogP contribution < -0.4 is 0 Å². The van der Waals surface area contributed by atoms with E-state index in [1.807, 2.05) is 12.4 Å². The van der Waals surface area contributed by atoms with Crippen molar-refractivity contribution < 1.29 is 0 Å². The first-order valence-corrected chi connectivity index (χ1v) is 7.74. The Bertz CT molecular complexity index is 589. The summed E-state index contributed by atoms with van der Waals surface area (Å²) in [5.41, 5.74) is 4.19. The third-order valence-corrected chi connectivity index (χ3v) is 4.29. The van der Waals surface area contributed by atoms with Crippen LogP contribution in [0.15, 0.2) is 60.9 Å². The molecule has 2 nitrogen and oxygen atoms in total. The molecule has 2 heterocycles. The molecule has 1 aromatic heterocycles. The molecule has 0 bridgehead atoms. The Balaban J connectivity index is 1.75. The Kier molecular flexibility index (Phi) is 4.46. The van der Waals surface area contributed by atoms with E-state index in [1.54, 1.807) is 0 Å². The van der Waals surface area contributed by atoms with Crippen molar-refractivity contribution in [1.29, 1.82) is 0 Å². The highest BCUT2D eigenvalue weighted by Gasteiger charge is 2.22. The molecule has 0 amide bonds. The van der Waals surface area contributed by atoms with Crippen molar-refractivity contribution in [2.75, 3.05) is 6.54 Å². The average Bonchev–Trinajstić information content (AvgIpc) is 2.57. The number of hydrogen-bond donors (Lipinski definition) is 0. The van der Waals surface area contributed by atoms with Crippen molar-refractivity contribution in [2.45, 2.75) is 32.4 Å². The van der Waals surface area contributed by atoms with Crippen molar-refractivity contribution in [3.8, 4) is 0 Å². The zero-order valence-corrected chi connectivity index (χ0v) is 12.6. The highest BCUT2D eigenvalue weighted by atomic mass is 15.2. The molecule has 0 saturated heterocycles. The van der Waals surface area contributed by atoms with Gasteiger partial charge in [0, 0.05) is 31.5 Å². The number of hydrogen-bond acceptors (Lipinski definition) is 2. The van der Waals surface area contributed by atoms with E-state index in [9.17, 15) is 0 Å². The van der Waals surface area contributed by atoms with Crippen molar-refractivity contribution in [2.24, 2.45) is 0 Å². The van der Waals surface area contributed by atoms with E-state index < -0.39 is 0 Å². The quantitative estimate of drug-likeness (QED) is 0.835. The molecular formula is C19H22N2.